The molecule has 1 unspecified atom stereocenters. The second-order valence-electron chi connectivity index (χ2n) is 7.41. The molecule has 4 N–H and O–H groups in total. The van der Waals surface area contributed by atoms with Crippen LogP contribution in [0.2, 0.25) is 10.0 Å². The van der Waals surface area contributed by atoms with Crippen LogP contribution in [0.15, 0.2) is 29.6 Å². The number of ether oxygens (including phenoxy) is 1. The third-order valence-corrected chi connectivity index (χ3v) is 6.49. The van der Waals surface area contributed by atoms with Gasteiger partial charge in [0, 0.05) is 36.4 Å². The van der Waals surface area contributed by atoms with Gasteiger partial charge in [-0.2, -0.15) is 0 Å². The number of carbonyl (C=O) groups is 3. The van der Waals surface area contributed by atoms with Crippen LogP contribution in [-0.4, -0.2) is 61.5 Å². The number of morpholine rings is 1. The van der Waals surface area contributed by atoms with Crippen LogP contribution in [0.5, 0.6) is 0 Å². The molecule has 1 aliphatic rings. The summed E-state index contributed by atoms with van der Waals surface area (Å²) in [6.45, 7) is 2.95. The Hall–Kier alpha value is -2.17. The molecule has 3 amide bonds. The minimum Gasteiger partial charge on any atom is -0.374 e. The summed E-state index contributed by atoms with van der Waals surface area (Å²) in [4.78, 5) is 38.0. The highest BCUT2D eigenvalue weighted by molar-refractivity contribution is 7.10. The number of nitrogens with two attached hydrogens (primary N) is 1. The van der Waals surface area contributed by atoms with Crippen molar-refractivity contribution in [1.82, 2.24) is 15.5 Å². The van der Waals surface area contributed by atoms with E-state index < -0.39 is 11.8 Å². The van der Waals surface area contributed by atoms with Crippen LogP contribution >= 0.6 is 34.5 Å². The molecule has 1 atom stereocenters. The number of hydrogen-bond acceptors (Lipinski definition) is 6. The highest BCUT2D eigenvalue weighted by Gasteiger charge is 2.21. The molecule has 8 nitrogen and oxygen atoms in total. The Bertz CT molecular complexity index is 984. The molecule has 11 heteroatoms. The molecule has 1 saturated heterocycles. The van der Waals surface area contributed by atoms with E-state index in [-0.39, 0.29) is 25.0 Å². The molecule has 172 valence electrons. The number of thiophene rings is 1. The SMILES string of the molecule is NC(=O)CNC(=O)c1csc(CC(=O)NCC2CN(Cc3ccc(Cl)c(Cl)c3)CCO2)c1. The summed E-state index contributed by atoms with van der Waals surface area (Å²) in [6.07, 6.45) is 0.0435. The average Bonchev–Trinajstić information content (AvgIpc) is 3.22. The standard InChI is InChI=1S/C21H24Cl2N4O4S/c22-17-2-1-13(5-18(17)23)10-27-3-4-31-15(11-27)8-25-20(29)7-16-6-14(12-32-16)21(30)26-9-19(24)28/h1-2,5-6,12,15H,3-4,7-11H2,(H2,24,28)(H,25,29)(H,26,30). The Morgan fingerprint density at radius 1 is 1.19 bits per heavy atom. The highest BCUT2D eigenvalue weighted by Crippen LogP contribution is 2.23. The van der Waals surface area contributed by atoms with Gasteiger partial charge >= 0.3 is 0 Å². The van der Waals surface area contributed by atoms with Gasteiger partial charge in [-0.25, -0.2) is 0 Å². The van der Waals surface area contributed by atoms with Crippen LogP contribution in [-0.2, 0) is 27.3 Å². The fourth-order valence-electron chi connectivity index (χ4n) is 3.25. The fourth-order valence-corrected chi connectivity index (χ4v) is 4.44. The van der Waals surface area contributed by atoms with E-state index in [1.165, 1.54) is 11.3 Å². The first kappa shape index (κ1) is 24.5. The second kappa shape index (κ2) is 11.6. The van der Waals surface area contributed by atoms with E-state index in [1.54, 1.807) is 17.5 Å². The topological polar surface area (TPSA) is 114 Å². The predicted molar refractivity (Wildman–Crippen MR) is 124 cm³/mol. The van der Waals surface area contributed by atoms with E-state index in [0.29, 0.717) is 35.3 Å². The largest absolute Gasteiger partial charge is 0.374 e. The quantitative estimate of drug-likeness (QED) is 0.487. The molecular weight excluding hydrogens is 475 g/mol. The molecule has 1 aromatic carbocycles. The summed E-state index contributed by atoms with van der Waals surface area (Å²) in [7, 11) is 0. The van der Waals surface area contributed by atoms with Crippen LogP contribution in [0, 0.1) is 0 Å². The van der Waals surface area contributed by atoms with Gasteiger partial charge in [0.05, 0.1) is 41.3 Å². The van der Waals surface area contributed by atoms with Crippen molar-refractivity contribution in [3.05, 3.63) is 55.7 Å². The molecule has 2 aromatic rings. The number of halogens is 2. The third kappa shape index (κ3) is 7.46. The summed E-state index contributed by atoms with van der Waals surface area (Å²) < 4.78 is 5.78. The molecule has 3 rings (SSSR count). The van der Waals surface area contributed by atoms with Crippen molar-refractivity contribution in [3.63, 3.8) is 0 Å². The van der Waals surface area contributed by atoms with E-state index in [1.807, 2.05) is 12.1 Å². The van der Waals surface area contributed by atoms with Crippen molar-refractivity contribution in [2.45, 2.75) is 19.1 Å². The van der Waals surface area contributed by atoms with Gasteiger partial charge in [0.2, 0.25) is 11.8 Å². The number of primary amides is 1. The van der Waals surface area contributed by atoms with Crippen LogP contribution in [0.4, 0.5) is 0 Å². The smallest absolute Gasteiger partial charge is 0.252 e. The van der Waals surface area contributed by atoms with E-state index in [0.717, 1.165) is 23.5 Å². The maximum absolute atomic E-state index is 12.3. The number of nitrogens with zero attached hydrogens (tertiary/aromatic N) is 1. The summed E-state index contributed by atoms with van der Waals surface area (Å²) >= 11 is 13.4. The maximum atomic E-state index is 12.3. The third-order valence-electron chi connectivity index (χ3n) is 4.81. The zero-order chi connectivity index (χ0) is 23.1. The average molecular weight is 499 g/mol. The number of rotatable bonds is 9. The molecule has 1 fully saturated rings. The highest BCUT2D eigenvalue weighted by atomic mass is 35.5. The van der Waals surface area contributed by atoms with Gasteiger partial charge < -0.3 is 21.1 Å². The monoisotopic (exact) mass is 498 g/mol. The Morgan fingerprint density at radius 3 is 2.75 bits per heavy atom. The lowest BCUT2D eigenvalue weighted by Crippen LogP contribution is -2.47. The van der Waals surface area contributed by atoms with Crippen molar-refractivity contribution in [2.24, 2.45) is 5.73 Å². The number of nitrogens with one attached hydrogen (secondary N) is 2. The first-order valence-electron chi connectivity index (χ1n) is 9.98. The molecule has 0 saturated carbocycles. The van der Waals surface area contributed by atoms with E-state index in [2.05, 4.69) is 15.5 Å². The Labute approximate surface area is 200 Å². The van der Waals surface area contributed by atoms with Gasteiger partial charge in [-0.1, -0.05) is 29.3 Å². The molecule has 1 aromatic heterocycles. The van der Waals surface area contributed by atoms with E-state index >= 15 is 0 Å². The van der Waals surface area contributed by atoms with Crippen LogP contribution in [0.1, 0.15) is 20.8 Å². The lowest BCUT2D eigenvalue weighted by molar-refractivity contribution is -0.121. The summed E-state index contributed by atoms with van der Waals surface area (Å²) in [6, 6.07) is 7.23. The summed E-state index contributed by atoms with van der Waals surface area (Å²) in [5.74, 6) is -1.17. The molecule has 32 heavy (non-hydrogen) atoms. The van der Waals surface area contributed by atoms with E-state index in [9.17, 15) is 14.4 Å². The van der Waals surface area contributed by atoms with Crippen molar-refractivity contribution < 1.29 is 19.1 Å². The van der Waals surface area contributed by atoms with Gasteiger partial charge in [-0.15, -0.1) is 11.3 Å². The first-order valence-corrected chi connectivity index (χ1v) is 11.6. The Balaban J connectivity index is 1.43. The van der Waals surface area contributed by atoms with Crippen LogP contribution in [0.3, 0.4) is 0 Å². The summed E-state index contributed by atoms with van der Waals surface area (Å²) in [5.41, 5.74) is 6.48. The number of carbonyl (C=O) groups excluding carboxylic acids is 3. The zero-order valence-corrected chi connectivity index (χ0v) is 19.6. The number of amides is 3. The molecular formula is C21H24Cl2N4O4S. The van der Waals surface area contributed by atoms with Crippen LogP contribution < -0.4 is 16.4 Å². The minimum atomic E-state index is -0.617. The molecule has 0 spiro atoms. The molecule has 1 aliphatic heterocycles. The molecule has 2 heterocycles. The van der Waals surface area contributed by atoms with Gasteiger partial charge in [-0.3, -0.25) is 19.3 Å². The van der Waals surface area contributed by atoms with Gasteiger partial charge in [0.1, 0.15) is 0 Å². The predicted octanol–water partition coefficient (Wildman–Crippen LogP) is 1.83. The van der Waals surface area contributed by atoms with Crippen molar-refractivity contribution in [1.29, 1.82) is 0 Å². The normalized spacial score (nSPS) is 16.5. The van der Waals surface area contributed by atoms with Gasteiger partial charge in [-0.05, 0) is 23.8 Å². The first-order chi connectivity index (χ1) is 15.3. The van der Waals surface area contributed by atoms with Gasteiger partial charge in [0.15, 0.2) is 0 Å². The van der Waals surface area contributed by atoms with Crippen molar-refractivity contribution >= 4 is 52.3 Å². The summed E-state index contributed by atoms with van der Waals surface area (Å²) in [5, 5.41) is 8.02. The zero-order valence-electron chi connectivity index (χ0n) is 17.2. The van der Waals surface area contributed by atoms with E-state index in [4.69, 9.17) is 33.7 Å². The second-order valence-corrected chi connectivity index (χ2v) is 9.22. The molecule has 0 radical (unpaired) electrons. The Morgan fingerprint density at radius 2 is 2.00 bits per heavy atom. The minimum absolute atomic E-state index is 0.117. The maximum Gasteiger partial charge on any atom is 0.252 e. The fraction of sp³-hybridized carbons (Fsp3) is 0.381. The van der Waals surface area contributed by atoms with Crippen molar-refractivity contribution in [2.75, 3.05) is 32.8 Å². The van der Waals surface area contributed by atoms with Crippen LogP contribution in [0.25, 0.3) is 0 Å². The van der Waals surface area contributed by atoms with Gasteiger partial charge in [0.25, 0.3) is 5.91 Å². The van der Waals surface area contributed by atoms with Crippen molar-refractivity contribution in [3.8, 4) is 0 Å². The lowest BCUT2D eigenvalue weighted by atomic mass is 10.2. The number of hydrogen-bond donors (Lipinski definition) is 3. The number of benzene rings is 1. The molecule has 0 aliphatic carbocycles. The Kier molecular flexibility index (Phi) is 8.89. The lowest BCUT2D eigenvalue weighted by Gasteiger charge is -2.33. The molecule has 0 bridgehead atoms.